The van der Waals surface area contributed by atoms with Crippen molar-refractivity contribution >= 4 is 65.0 Å². The molecule has 0 amide bonds. The maximum absolute atomic E-state index is 9.69. The molecule has 0 saturated carbocycles. The van der Waals surface area contributed by atoms with Crippen LogP contribution in [0.25, 0.3) is 98.4 Å². The molecule has 218 valence electrons. The maximum Gasteiger partial charge on any atom is 0.135 e. The van der Waals surface area contributed by atoms with Crippen LogP contribution in [0.5, 0.6) is 0 Å². The predicted molar refractivity (Wildman–Crippen MR) is 200 cm³/mol. The van der Waals surface area contributed by atoms with E-state index in [0.29, 0.717) is 0 Å². The summed E-state index contributed by atoms with van der Waals surface area (Å²) >= 11 is 0. The Labute approximate surface area is 309 Å². The summed E-state index contributed by atoms with van der Waals surface area (Å²) in [5, 5.41) is -6.21. The Hall–Kier alpha value is -6.18. The molecule has 0 fully saturated rings. The number of furan rings is 1. The number of hydrogen-bond acceptors (Lipinski definition) is 1. The third kappa shape index (κ3) is 3.97. The van der Waals surface area contributed by atoms with Gasteiger partial charge in [0.15, 0.2) is 0 Å². The lowest BCUT2D eigenvalue weighted by Crippen LogP contribution is -1.92. The van der Waals surface area contributed by atoms with Crippen molar-refractivity contribution < 1.29 is 41.4 Å². The fraction of sp³-hybridized carbons (Fsp3) is 0. The summed E-state index contributed by atoms with van der Waals surface area (Å²) < 4.78 is 250. The molecule has 47 heavy (non-hydrogen) atoms. The van der Waals surface area contributed by atoms with E-state index >= 15 is 0 Å². The maximum atomic E-state index is 9.69. The number of para-hydroxylation sites is 1. The van der Waals surface area contributed by atoms with Crippen molar-refractivity contribution in [1.29, 1.82) is 0 Å². The molecule has 0 atom stereocenters. The van der Waals surface area contributed by atoms with Gasteiger partial charge >= 0.3 is 0 Å². The lowest BCUT2D eigenvalue weighted by atomic mass is 9.84. The lowest BCUT2D eigenvalue weighted by Gasteiger charge is -2.19. The van der Waals surface area contributed by atoms with E-state index in [-0.39, 0.29) is 0 Å². The fourth-order valence-electron chi connectivity index (χ4n) is 5.82. The summed E-state index contributed by atoms with van der Waals surface area (Å²) in [4.78, 5) is 0. The van der Waals surface area contributed by atoms with Gasteiger partial charge in [-0.2, -0.15) is 0 Å². The smallest absolute Gasteiger partial charge is 0.135 e. The second-order valence-corrected chi connectivity index (χ2v) is 10.3. The van der Waals surface area contributed by atoms with Gasteiger partial charge in [0.2, 0.25) is 0 Å². The lowest BCUT2D eigenvalue weighted by molar-refractivity contribution is 0.669. The van der Waals surface area contributed by atoms with E-state index < -0.39 is 262 Å². The molecule has 0 bridgehead atoms. The van der Waals surface area contributed by atoms with Gasteiger partial charge in [-0.3, -0.25) is 0 Å². The van der Waals surface area contributed by atoms with E-state index in [2.05, 4.69) is 0 Å². The predicted octanol–water partition coefficient (Wildman–Crippen LogP) is 13.2. The summed E-state index contributed by atoms with van der Waals surface area (Å²) in [5.41, 5.74) is -5.35. The molecule has 1 heterocycles. The SMILES string of the molecule is [2H]c1cc([2H])c2c(-c3c([2H])c([2H])c4c(-c5c6c([2H])c([2H])c([2H])c([2H])c6c(-c6c([2H])c([2H])c7oc8c([2H])c([2H])c([2H])c([2H])c8c7c6[2H])c6c([2H])c([2H])c([2H])c([2H])c56)c([2H])c([2H])c([2H])c4c3[2H])c([2H])c([2H])c([2H])c2c1[2H]. The van der Waals surface area contributed by atoms with Crippen LogP contribution in [0.2, 0.25) is 0 Å². The molecule has 0 unspecified atom stereocenters. The van der Waals surface area contributed by atoms with Gasteiger partial charge in [-0.25, -0.2) is 0 Å². The van der Waals surface area contributed by atoms with E-state index in [9.17, 15) is 16.4 Å². The van der Waals surface area contributed by atoms with Gasteiger partial charge < -0.3 is 4.42 Å². The van der Waals surface area contributed by atoms with Gasteiger partial charge in [-0.15, -0.1) is 0 Å². The van der Waals surface area contributed by atoms with Crippen molar-refractivity contribution in [2.45, 2.75) is 0 Å². The monoisotopic (exact) mass is 623 g/mol. The van der Waals surface area contributed by atoms with Crippen molar-refractivity contribution in [3.63, 3.8) is 0 Å². The summed E-state index contributed by atoms with van der Waals surface area (Å²) in [6, 6.07) is -22.8. The molecule has 1 aromatic heterocycles. The van der Waals surface area contributed by atoms with Gasteiger partial charge in [0, 0.05) is 10.8 Å². The van der Waals surface area contributed by atoms with Crippen molar-refractivity contribution in [2.24, 2.45) is 0 Å². The van der Waals surface area contributed by atoms with E-state index in [1.165, 1.54) is 0 Å². The Bertz CT molecular complexity index is 4310. The molecular formula is C46H28O. The highest BCUT2D eigenvalue weighted by molar-refractivity contribution is 6.24. The highest BCUT2D eigenvalue weighted by Gasteiger charge is 2.19. The first-order valence-electron chi connectivity index (χ1n) is 27.5. The molecule has 10 rings (SSSR count). The fourth-order valence-corrected chi connectivity index (χ4v) is 5.82. The van der Waals surface area contributed by atoms with Crippen molar-refractivity contribution in [3.8, 4) is 33.4 Å². The summed E-state index contributed by atoms with van der Waals surface area (Å²) in [7, 11) is 0. The van der Waals surface area contributed by atoms with Gasteiger partial charge in [0.25, 0.3) is 0 Å². The van der Waals surface area contributed by atoms with E-state index in [0.717, 1.165) is 6.07 Å². The van der Waals surface area contributed by atoms with E-state index in [1.54, 1.807) is 0 Å². The molecule has 0 N–H and O–H groups in total. The van der Waals surface area contributed by atoms with Gasteiger partial charge in [0.05, 0.1) is 37.0 Å². The van der Waals surface area contributed by atoms with Crippen LogP contribution >= 0.6 is 0 Å². The van der Waals surface area contributed by atoms with Crippen LogP contribution in [0.1, 0.15) is 37.0 Å². The summed E-state index contributed by atoms with van der Waals surface area (Å²) in [6.07, 6.45) is 0. The third-order valence-electron chi connectivity index (χ3n) is 7.81. The second kappa shape index (κ2) is 10.2. The van der Waals surface area contributed by atoms with Crippen LogP contribution in [-0.4, -0.2) is 0 Å². The van der Waals surface area contributed by atoms with Crippen molar-refractivity contribution in [1.82, 2.24) is 0 Å². The molecule has 10 aromatic rings. The summed E-state index contributed by atoms with van der Waals surface area (Å²) in [5.74, 6) is 0. The quantitative estimate of drug-likeness (QED) is 0.178. The molecule has 1 nitrogen and oxygen atoms in total. The minimum Gasteiger partial charge on any atom is -0.456 e. The average Bonchev–Trinajstić information content (AvgIpc) is 3.78. The molecular weight excluding hydrogens is 569 g/mol. The second-order valence-electron chi connectivity index (χ2n) is 10.3. The molecule has 9 aromatic carbocycles. The Morgan fingerprint density at radius 2 is 0.936 bits per heavy atom. The molecule has 0 aliphatic carbocycles. The first-order chi connectivity index (χ1) is 34.6. The normalized spacial score (nSPS) is 19.9. The van der Waals surface area contributed by atoms with Gasteiger partial charge in [-0.05, 0) is 101 Å². The van der Waals surface area contributed by atoms with Gasteiger partial charge in [-0.1, -0.05) is 145 Å². The molecule has 0 aliphatic heterocycles. The Balaban J connectivity index is 1.50. The van der Waals surface area contributed by atoms with E-state index in [1.807, 2.05) is 0 Å². The minimum absolute atomic E-state index is 0.427. The van der Waals surface area contributed by atoms with Crippen LogP contribution in [0.15, 0.2) is 174 Å². The average molecular weight is 624 g/mol. The number of fused-ring (bicyclic) bond motifs is 7. The number of rotatable bonds is 3. The van der Waals surface area contributed by atoms with E-state index in [4.69, 9.17) is 25.0 Å². The topological polar surface area (TPSA) is 13.1 Å². The summed E-state index contributed by atoms with van der Waals surface area (Å²) in [6.45, 7) is 0. The Kier molecular flexibility index (Phi) is 2.37. The highest BCUT2D eigenvalue weighted by atomic mass is 16.3. The minimum atomic E-state index is -1.04. The Morgan fingerprint density at radius 1 is 0.340 bits per heavy atom. The first kappa shape index (κ1) is 11.0. The first-order valence-corrected chi connectivity index (χ1v) is 14.0. The zero-order valence-corrected chi connectivity index (χ0v) is 23.5. The Morgan fingerprint density at radius 3 is 1.72 bits per heavy atom. The van der Waals surface area contributed by atoms with Crippen molar-refractivity contribution in [3.05, 3.63) is 169 Å². The molecule has 1 heteroatoms. The zero-order chi connectivity index (χ0) is 54.4. The zero-order valence-electron chi connectivity index (χ0n) is 50.5. The third-order valence-corrected chi connectivity index (χ3v) is 7.81. The molecule has 0 radical (unpaired) electrons. The van der Waals surface area contributed by atoms with Crippen LogP contribution in [0.3, 0.4) is 0 Å². The van der Waals surface area contributed by atoms with Crippen LogP contribution < -0.4 is 0 Å². The van der Waals surface area contributed by atoms with Crippen molar-refractivity contribution in [2.75, 3.05) is 0 Å². The standard InChI is InChI=1S/C46H28O/c1-2-14-33-29(11-1)12-9-20-34(33)31-23-25-35-30(27-31)13-10-21-37(35)46-40-18-5-3-16-38(40)45(39-17-4-6-19-41(39)46)32-24-26-44-42(28-32)36-15-7-8-22-43(36)47-44/h1-28H/i1D,3D,4D,5D,6D,7D,8D,9D,10D,11D,12D,13D,14D,15D,16D,17D,18D,19D,20D,21D,22D,23D,24D,25D,26D,27D,28D. The van der Waals surface area contributed by atoms with Crippen LogP contribution in [-0.2, 0) is 0 Å². The van der Waals surface area contributed by atoms with Crippen LogP contribution in [0, 0.1) is 0 Å². The molecule has 0 spiro atoms. The van der Waals surface area contributed by atoms with Gasteiger partial charge in [0.1, 0.15) is 11.2 Å². The number of benzene rings is 9. The molecule has 0 saturated heterocycles. The highest BCUT2D eigenvalue weighted by Crippen LogP contribution is 2.46. The molecule has 0 aliphatic rings. The van der Waals surface area contributed by atoms with Crippen LogP contribution in [0.4, 0.5) is 0 Å². The largest absolute Gasteiger partial charge is 0.456 e. The number of hydrogen-bond donors (Lipinski definition) is 0.